The molecule has 0 aliphatic carbocycles. The molecule has 100 valence electrons. The van der Waals surface area contributed by atoms with Crippen molar-refractivity contribution in [1.29, 1.82) is 0 Å². The lowest BCUT2D eigenvalue weighted by Crippen LogP contribution is -2.01. The van der Waals surface area contributed by atoms with Crippen LogP contribution >= 0.6 is 15.9 Å². The monoisotopic (exact) mass is 327 g/mol. The van der Waals surface area contributed by atoms with Gasteiger partial charge in [0.15, 0.2) is 5.82 Å². The predicted molar refractivity (Wildman–Crippen MR) is 72.3 cm³/mol. The van der Waals surface area contributed by atoms with Gasteiger partial charge in [0.1, 0.15) is 17.9 Å². The Bertz CT molecular complexity index is 575. The Hall–Kier alpha value is -1.89. The summed E-state index contributed by atoms with van der Waals surface area (Å²) in [6.07, 6.45) is 1.33. The Morgan fingerprint density at radius 1 is 1.26 bits per heavy atom. The molecule has 7 heteroatoms. The van der Waals surface area contributed by atoms with Crippen LogP contribution in [0, 0.1) is 5.82 Å². The highest BCUT2D eigenvalue weighted by Gasteiger charge is 2.13. The zero-order valence-corrected chi connectivity index (χ0v) is 11.9. The molecule has 0 aliphatic heterocycles. The third-order valence-electron chi connectivity index (χ3n) is 2.26. The van der Waals surface area contributed by atoms with Gasteiger partial charge in [-0.3, -0.25) is 0 Å². The molecule has 0 radical (unpaired) electrons. The molecule has 0 aliphatic rings. The summed E-state index contributed by atoms with van der Waals surface area (Å²) in [7, 11) is 3.18. The molecular formula is C12H11BrFN3O2. The number of nitrogens with zero attached hydrogens (tertiary/aromatic N) is 2. The van der Waals surface area contributed by atoms with Gasteiger partial charge in [0.05, 0.1) is 7.11 Å². The van der Waals surface area contributed by atoms with Crippen LogP contribution in [0.1, 0.15) is 0 Å². The summed E-state index contributed by atoms with van der Waals surface area (Å²) in [5.74, 6) is 0.949. The largest absolute Gasteiger partial charge is 0.489 e. The van der Waals surface area contributed by atoms with Gasteiger partial charge in [0, 0.05) is 17.6 Å². The molecule has 19 heavy (non-hydrogen) atoms. The van der Waals surface area contributed by atoms with E-state index in [0.717, 1.165) is 0 Å². The average Bonchev–Trinajstić information content (AvgIpc) is 2.37. The van der Waals surface area contributed by atoms with E-state index in [2.05, 4.69) is 31.2 Å². The third-order valence-corrected chi connectivity index (χ3v) is 2.72. The fraction of sp³-hybridized carbons (Fsp3) is 0.167. The number of hydrogen-bond donors (Lipinski definition) is 1. The van der Waals surface area contributed by atoms with Crippen LogP contribution in [0.15, 0.2) is 29.0 Å². The average molecular weight is 328 g/mol. The first-order chi connectivity index (χ1) is 9.13. The zero-order valence-electron chi connectivity index (χ0n) is 10.3. The maximum atomic E-state index is 13.3. The number of halogens is 2. The third kappa shape index (κ3) is 3.11. The van der Waals surface area contributed by atoms with Crippen molar-refractivity contribution in [2.45, 2.75) is 0 Å². The van der Waals surface area contributed by atoms with Gasteiger partial charge in [-0.1, -0.05) is 15.9 Å². The lowest BCUT2D eigenvalue weighted by molar-refractivity contribution is 0.368. The quantitative estimate of drug-likeness (QED) is 0.934. The van der Waals surface area contributed by atoms with E-state index in [4.69, 9.17) is 9.47 Å². The van der Waals surface area contributed by atoms with Gasteiger partial charge in [0.25, 0.3) is 5.88 Å². The van der Waals surface area contributed by atoms with Crippen LogP contribution in [0.3, 0.4) is 0 Å². The summed E-state index contributed by atoms with van der Waals surface area (Å²) in [6, 6.07) is 4.22. The Kier molecular flexibility index (Phi) is 4.16. The second-order valence-electron chi connectivity index (χ2n) is 3.52. The van der Waals surface area contributed by atoms with E-state index in [1.807, 2.05) is 0 Å². The van der Waals surface area contributed by atoms with E-state index in [9.17, 15) is 4.39 Å². The van der Waals surface area contributed by atoms with E-state index < -0.39 is 5.82 Å². The molecule has 0 saturated heterocycles. The Morgan fingerprint density at radius 3 is 2.68 bits per heavy atom. The molecule has 2 aromatic rings. The molecule has 1 aromatic carbocycles. The molecule has 2 rings (SSSR count). The molecule has 0 bridgehead atoms. The smallest absolute Gasteiger partial charge is 0.268 e. The van der Waals surface area contributed by atoms with Gasteiger partial charge in [0.2, 0.25) is 5.75 Å². The Labute approximate surface area is 117 Å². The number of rotatable bonds is 4. The van der Waals surface area contributed by atoms with Crippen molar-refractivity contribution in [2.24, 2.45) is 0 Å². The summed E-state index contributed by atoms with van der Waals surface area (Å²) in [4.78, 5) is 7.97. The van der Waals surface area contributed by atoms with Crippen molar-refractivity contribution in [1.82, 2.24) is 9.97 Å². The van der Waals surface area contributed by atoms with Crippen molar-refractivity contribution >= 4 is 21.7 Å². The first-order valence-corrected chi connectivity index (χ1v) is 6.14. The second-order valence-corrected chi connectivity index (χ2v) is 4.43. The summed E-state index contributed by atoms with van der Waals surface area (Å²) in [5, 5.41) is 2.86. The van der Waals surface area contributed by atoms with E-state index in [1.165, 1.54) is 25.6 Å². The number of aromatic nitrogens is 2. The number of hydrogen-bond acceptors (Lipinski definition) is 5. The van der Waals surface area contributed by atoms with Gasteiger partial charge >= 0.3 is 0 Å². The summed E-state index contributed by atoms with van der Waals surface area (Å²) < 4.78 is 24.5. The van der Waals surface area contributed by atoms with Crippen LogP contribution in [0.25, 0.3) is 0 Å². The minimum atomic E-state index is -0.411. The van der Waals surface area contributed by atoms with Crippen LogP contribution in [0.5, 0.6) is 17.4 Å². The number of ether oxygens (including phenoxy) is 2. The number of anilines is 1. The first-order valence-electron chi connectivity index (χ1n) is 5.34. The molecule has 0 atom stereocenters. The maximum absolute atomic E-state index is 13.3. The molecule has 1 N–H and O–H groups in total. The Morgan fingerprint density at radius 2 is 2.05 bits per heavy atom. The van der Waals surface area contributed by atoms with E-state index in [0.29, 0.717) is 21.8 Å². The minimum absolute atomic E-state index is 0.208. The first kappa shape index (κ1) is 13.5. The van der Waals surface area contributed by atoms with E-state index in [-0.39, 0.29) is 5.88 Å². The van der Waals surface area contributed by atoms with Crippen molar-refractivity contribution in [3.05, 3.63) is 34.8 Å². The van der Waals surface area contributed by atoms with Gasteiger partial charge < -0.3 is 14.8 Å². The molecule has 1 heterocycles. The van der Waals surface area contributed by atoms with Crippen molar-refractivity contribution in [2.75, 3.05) is 19.5 Å². The zero-order chi connectivity index (χ0) is 13.8. The lowest BCUT2D eigenvalue weighted by atomic mass is 10.3. The SMILES string of the molecule is CNc1ncnc(Oc2cc(F)cc(Br)c2)c1OC. The predicted octanol–water partition coefficient (Wildman–Crippen LogP) is 3.22. The Balaban J connectivity index is 2.37. The molecule has 0 spiro atoms. The number of nitrogens with one attached hydrogen (secondary N) is 1. The molecule has 0 fully saturated rings. The van der Waals surface area contributed by atoms with E-state index in [1.54, 1.807) is 13.1 Å². The maximum Gasteiger partial charge on any atom is 0.268 e. The van der Waals surface area contributed by atoms with Crippen LogP contribution in [-0.4, -0.2) is 24.1 Å². The highest BCUT2D eigenvalue weighted by atomic mass is 79.9. The van der Waals surface area contributed by atoms with Crippen LogP contribution < -0.4 is 14.8 Å². The fourth-order valence-corrected chi connectivity index (χ4v) is 1.94. The van der Waals surface area contributed by atoms with Gasteiger partial charge in [-0.05, 0) is 12.1 Å². The minimum Gasteiger partial charge on any atom is -0.489 e. The molecule has 5 nitrogen and oxygen atoms in total. The lowest BCUT2D eigenvalue weighted by Gasteiger charge is -2.11. The highest BCUT2D eigenvalue weighted by molar-refractivity contribution is 9.10. The van der Waals surface area contributed by atoms with Crippen molar-refractivity contribution in [3.63, 3.8) is 0 Å². The van der Waals surface area contributed by atoms with Crippen LogP contribution in [0.4, 0.5) is 10.2 Å². The van der Waals surface area contributed by atoms with Crippen molar-refractivity contribution < 1.29 is 13.9 Å². The molecule has 0 amide bonds. The van der Waals surface area contributed by atoms with E-state index >= 15 is 0 Å². The number of benzene rings is 1. The van der Waals surface area contributed by atoms with Gasteiger partial charge in [-0.15, -0.1) is 0 Å². The standard InChI is InChI=1S/C12H11BrFN3O2/c1-15-11-10(18-2)12(17-6-16-11)19-9-4-7(13)3-8(14)5-9/h3-6H,1-2H3,(H,15,16,17). The summed E-state index contributed by atoms with van der Waals surface area (Å²) in [5.41, 5.74) is 0. The molecule has 0 saturated carbocycles. The van der Waals surface area contributed by atoms with Crippen LogP contribution in [-0.2, 0) is 0 Å². The second kappa shape index (κ2) is 5.83. The number of methoxy groups -OCH3 is 1. The summed E-state index contributed by atoms with van der Waals surface area (Å²) in [6.45, 7) is 0. The highest BCUT2D eigenvalue weighted by Crippen LogP contribution is 2.34. The van der Waals surface area contributed by atoms with Gasteiger partial charge in [-0.2, -0.15) is 4.98 Å². The molecule has 0 unspecified atom stereocenters. The van der Waals surface area contributed by atoms with Crippen molar-refractivity contribution in [3.8, 4) is 17.4 Å². The van der Waals surface area contributed by atoms with Crippen LogP contribution in [0.2, 0.25) is 0 Å². The fourth-order valence-electron chi connectivity index (χ4n) is 1.49. The van der Waals surface area contributed by atoms with Gasteiger partial charge in [-0.25, -0.2) is 9.37 Å². The summed E-state index contributed by atoms with van der Waals surface area (Å²) >= 11 is 3.19. The topological polar surface area (TPSA) is 56.3 Å². The molecule has 1 aromatic heterocycles. The normalized spacial score (nSPS) is 10.1. The molecular weight excluding hydrogens is 317 g/mol.